The summed E-state index contributed by atoms with van der Waals surface area (Å²) < 4.78 is 0. The maximum absolute atomic E-state index is 11.1. The third-order valence-electron chi connectivity index (χ3n) is 3.70. The summed E-state index contributed by atoms with van der Waals surface area (Å²) in [6.07, 6.45) is 4.53. The third-order valence-corrected chi connectivity index (χ3v) is 3.70. The molecule has 0 aromatic heterocycles. The van der Waals surface area contributed by atoms with E-state index in [1.165, 1.54) is 12.8 Å². The average Bonchev–Trinajstić information content (AvgIpc) is 2.65. The van der Waals surface area contributed by atoms with Gasteiger partial charge in [-0.1, -0.05) is 33.1 Å². The Morgan fingerprint density at radius 1 is 1.47 bits per heavy atom. The minimum Gasteiger partial charge on any atom is -0.480 e. The average molecular weight is 243 g/mol. The van der Waals surface area contributed by atoms with Gasteiger partial charge in [0.2, 0.25) is 0 Å². The van der Waals surface area contributed by atoms with Gasteiger partial charge >= 0.3 is 5.97 Å². The molecule has 0 spiro atoms. The van der Waals surface area contributed by atoms with Crippen LogP contribution in [0.4, 0.5) is 0 Å². The first-order valence-electron chi connectivity index (χ1n) is 6.73. The number of unbranched alkanes of at least 4 members (excludes halogenated alkanes) is 1. The summed E-state index contributed by atoms with van der Waals surface area (Å²) >= 11 is 0. The first-order chi connectivity index (χ1) is 8.08. The molecule has 1 rings (SSSR count). The molecule has 17 heavy (non-hydrogen) atoms. The van der Waals surface area contributed by atoms with Crippen molar-refractivity contribution in [3.05, 3.63) is 0 Å². The maximum atomic E-state index is 11.1. The molecule has 0 aromatic carbocycles. The number of aliphatic hydroxyl groups is 1. The van der Waals surface area contributed by atoms with E-state index in [2.05, 4.69) is 13.8 Å². The molecule has 1 saturated heterocycles. The zero-order valence-corrected chi connectivity index (χ0v) is 10.9. The molecule has 0 bridgehead atoms. The number of hydrogen-bond acceptors (Lipinski definition) is 3. The molecular formula is C13H25NO3. The standard InChI is InChI=1S/C13H25NO3/c1-3-5-6-10(4-2)8-14-9-11(15)7-12(14)13(16)17/h10-12,15H,3-9H2,1-2H3,(H,16,17). The number of nitrogens with zero attached hydrogens (tertiary/aromatic N) is 1. The summed E-state index contributed by atoms with van der Waals surface area (Å²) in [5.41, 5.74) is 0. The molecular weight excluding hydrogens is 218 g/mol. The smallest absolute Gasteiger partial charge is 0.321 e. The van der Waals surface area contributed by atoms with Crippen molar-refractivity contribution in [1.82, 2.24) is 4.90 Å². The zero-order chi connectivity index (χ0) is 12.8. The normalized spacial score (nSPS) is 27.2. The van der Waals surface area contributed by atoms with E-state index in [1.807, 2.05) is 4.90 Å². The fourth-order valence-corrected chi connectivity index (χ4v) is 2.59. The van der Waals surface area contributed by atoms with Gasteiger partial charge in [0.1, 0.15) is 6.04 Å². The number of hydrogen-bond donors (Lipinski definition) is 2. The molecule has 0 saturated carbocycles. The van der Waals surface area contributed by atoms with Crippen LogP contribution in [0, 0.1) is 5.92 Å². The molecule has 0 radical (unpaired) electrons. The zero-order valence-electron chi connectivity index (χ0n) is 10.9. The Kier molecular flexibility index (Phi) is 5.92. The van der Waals surface area contributed by atoms with Crippen LogP contribution in [0.3, 0.4) is 0 Å². The Morgan fingerprint density at radius 2 is 2.18 bits per heavy atom. The number of carbonyl (C=O) groups is 1. The number of aliphatic hydroxyl groups excluding tert-OH is 1. The van der Waals surface area contributed by atoms with Crippen LogP contribution in [0.15, 0.2) is 0 Å². The molecule has 1 fully saturated rings. The van der Waals surface area contributed by atoms with Gasteiger partial charge in [-0.15, -0.1) is 0 Å². The van der Waals surface area contributed by atoms with Crippen molar-refractivity contribution in [2.45, 2.75) is 58.1 Å². The van der Waals surface area contributed by atoms with Crippen LogP contribution in [0.5, 0.6) is 0 Å². The first-order valence-corrected chi connectivity index (χ1v) is 6.73. The third kappa shape index (κ3) is 4.28. The lowest BCUT2D eigenvalue weighted by Crippen LogP contribution is -2.39. The number of β-amino-alcohol motifs (C(OH)–C–C–N with tert-alkyl or cyclic N) is 1. The van der Waals surface area contributed by atoms with Crippen molar-refractivity contribution in [1.29, 1.82) is 0 Å². The molecule has 1 heterocycles. The van der Waals surface area contributed by atoms with E-state index in [0.717, 1.165) is 19.4 Å². The second-order valence-electron chi connectivity index (χ2n) is 5.11. The predicted octanol–water partition coefficient (Wildman–Crippen LogP) is 1.72. The van der Waals surface area contributed by atoms with Crippen LogP contribution in [0.25, 0.3) is 0 Å². The van der Waals surface area contributed by atoms with Crippen molar-refractivity contribution in [3.8, 4) is 0 Å². The van der Waals surface area contributed by atoms with Crippen LogP contribution in [-0.2, 0) is 4.79 Å². The van der Waals surface area contributed by atoms with E-state index >= 15 is 0 Å². The Bertz CT molecular complexity index is 245. The molecule has 1 aliphatic heterocycles. The molecule has 4 heteroatoms. The summed E-state index contributed by atoms with van der Waals surface area (Å²) in [6.45, 7) is 5.65. The number of rotatable bonds is 7. The van der Waals surface area contributed by atoms with Gasteiger partial charge in [0, 0.05) is 19.5 Å². The van der Waals surface area contributed by atoms with E-state index < -0.39 is 18.1 Å². The van der Waals surface area contributed by atoms with Crippen LogP contribution < -0.4 is 0 Å². The van der Waals surface area contributed by atoms with E-state index in [-0.39, 0.29) is 0 Å². The Hall–Kier alpha value is -0.610. The largest absolute Gasteiger partial charge is 0.480 e. The maximum Gasteiger partial charge on any atom is 0.321 e. The van der Waals surface area contributed by atoms with Crippen LogP contribution in [-0.4, -0.2) is 46.3 Å². The fraction of sp³-hybridized carbons (Fsp3) is 0.923. The second-order valence-corrected chi connectivity index (χ2v) is 5.11. The highest BCUT2D eigenvalue weighted by Gasteiger charge is 2.36. The molecule has 0 aliphatic carbocycles. The van der Waals surface area contributed by atoms with Crippen LogP contribution in [0.1, 0.15) is 46.0 Å². The highest BCUT2D eigenvalue weighted by molar-refractivity contribution is 5.74. The number of carboxylic acids is 1. The van der Waals surface area contributed by atoms with Gasteiger partial charge < -0.3 is 10.2 Å². The monoisotopic (exact) mass is 243 g/mol. The minimum atomic E-state index is -0.799. The van der Waals surface area contributed by atoms with Gasteiger partial charge in [0.05, 0.1) is 6.10 Å². The first kappa shape index (κ1) is 14.5. The van der Waals surface area contributed by atoms with Crippen molar-refractivity contribution in [2.24, 2.45) is 5.92 Å². The molecule has 0 aromatic rings. The second kappa shape index (κ2) is 6.97. The molecule has 100 valence electrons. The lowest BCUT2D eigenvalue weighted by atomic mass is 9.98. The Morgan fingerprint density at radius 3 is 2.71 bits per heavy atom. The van der Waals surface area contributed by atoms with Gasteiger partial charge in [-0.25, -0.2) is 0 Å². The van der Waals surface area contributed by atoms with Gasteiger partial charge in [-0.3, -0.25) is 9.69 Å². The highest BCUT2D eigenvalue weighted by atomic mass is 16.4. The van der Waals surface area contributed by atoms with Crippen LogP contribution >= 0.6 is 0 Å². The van der Waals surface area contributed by atoms with Gasteiger partial charge in [-0.2, -0.15) is 0 Å². The summed E-state index contributed by atoms with van der Waals surface area (Å²) in [6, 6.07) is -0.485. The van der Waals surface area contributed by atoms with E-state index in [1.54, 1.807) is 0 Å². The minimum absolute atomic E-state index is 0.375. The van der Waals surface area contributed by atoms with Crippen molar-refractivity contribution >= 4 is 5.97 Å². The highest BCUT2D eigenvalue weighted by Crippen LogP contribution is 2.22. The molecule has 3 atom stereocenters. The Labute approximate surface area is 104 Å². The lowest BCUT2D eigenvalue weighted by molar-refractivity contribution is -0.142. The van der Waals surface area contributed by atoms with E-state index in [4.69, 9.17) is 5.11 Å². The van der Waals surface area contributed by atoms with Gasteiger partial charge in [0.15, 0.2) is 0 Å². The molecule has 0 amide bonds. The Balaban J connectivity index is 2.49. The number of aliphatic carboxylic acids is 1. The molecule has 1 aliphatic rings. The van der Waals surface area contributed by atoms with Crippen molar-refractivity contribution in [3.63, 3.8) is 0 Å². The predicted molar refractivity (Wildman–Crippen MR) is 66.9 cm³/mol. The summed E-state index contributed by atoms with van der Waals surface area (Å²) in [7, 11) is 0. The molecule has 3 unspecified atom stereocenters. The topological polar surface area (TPSA) is 60.8 Å². The number of likely N-dealkylation sites (tertiary alicyclic amines) is 1. The van der Waals surface area contributed by atoms with Crippen LogP contribution in [0.2, 0.25) is 0 Å². The van der Waals surface area contributed by atoms with Crippen molar-refractivity contribution < 1.29 is 15.0 Å². The fourth-order valence-electron chi connectivity index (χ4n) is 2.59. The van der Waals surface area contributed by atoms with E-state index in [0.29, 0.717) is 18.9 Å². The molecule has 4 nitrogen and oxygen atoms in total. The number of carboxylic acid groups (broad SMARTS) is 1. The summed E-state index contributed by atoms with van der Waals surface area (Å²) in [5.74, 6) is -0.242. The summed E-state index contributed by atoms with van der Waals surface area (Å²) in [5, 5.41) is 18.7. The lowest BCUT2D eigenvalue weighted by Gasteiger charge is -2.26. The van der Waals surface area contributed by atoms with E-state index in [9.17, 15) is 9.90 Å². The quantitative estimate of drug-likeness (QED) is 0.715. The van der Waals surface area contributed by atoms with Gasteiger partial charge in [-0.05, 0) is 12.3 Å². The molecule has 2 N–H and O–H groups in total. The SMILES string of the molecule is CCCCC(CC)CN1CC(O)CC1C(=O)O. The van der Waals surface area contributed by atoms with Crippen molar-refractivity contribution in [2.75, 3.05) is 13.1 Å². The summed E-state index contributed by atoms with van der Waals surface area (Å²) in [4.78, 5) is 13.0. The van der Waals surface area contributed by atoms with Gasteiger partial charge in [0.25, 0.3) is 0 Å².